The quantitative estimate of drug-likeness (QED) is 0.521. The molecule has 3 aromatic carbocycles. The molecule has 27 heavy (non-hydrogen) atoms. The number of hydrogen-bond acceptors (Lipinski definition) is 2. The van der Waals surface area contributed by atoms with Crippen molar-refractivity contribution < 1.29 is 9.09 Å². The summed E-state index contributed by atoms with van der Waals surface area (Å²) >= 11 is 0. The lowest BCUT2D eigenvalue weighted by atomic mass is 10.1. The molecule has 0 spiro atoms. The van der Waals surface area contributed by atoms with Gasteiger partial charge in [-0.05, 0) is 34.4 Å². The minimum Gasteiger partial charge on any atom is -0.301 e. The van der Waals surface area contributed by atoms with Crippen molar-refractivity contribution in [3.8, 4) is 11.1 Å². The number of rotatable bonds is 6. The molecule has 0 N–H and O–H groups in total. The summed E-state index contributed by atoms with van der Waals surface area (Å²) in [4.78, 5) is 0. The van der Waals surface area contributed by atoms with E-state index in [2.05, 4.69) is 24.3 Å². The van der Waals surface area contributed by atoms with Crippen LogP contribution in [0, 0.1) is 0 Å². The summed E-state index contributed by atoms with van der Waals surface area (Å²) in [7, 11) is -3.21. The Bertz CT molecular complexity index is 937. The normalized spacial score (nSPS) is 15.4. The molecule has 0 amide bonds. The summed E-state index contributed by atoms with van der Waals surface area (Å²) in [5.41, 5.74) is 4.50. The van der Waals surface area contributed by atoms with Gasteiger partial charge in [0, 0.05) is 13.1 Å². The van der Waals surface area contributed by atoms with E-state index in [9.17, 15) is 4.57 Å². The fourth-order valence-corrected chi connectivity index (χ4v) is 6.26. The molecule has 0 bridgehead atoms. The average molecular weight is 377 g/mol. The van der Waals surface area contributed by atoms with Gasteiger partial charge >= 0.3 is 7.52 Å². The summed E-state index contributed by atoms with van der Waals surface area (Å²) in [6.07, 6.45) is -0.330. The van der Waals surface area contributed by atoms with Crippen LogP contribution >= 0.6 is 7.52 Å². The smallest absolute Gasteiger partial charge is 0.301 e. The molecule has 1 atom stereocenters. The Morgan fingerprint density at radius 3 is 1.78 bits per heavy atom. The predicted molar refractivity (Wildman–Crippen MR) is 111 cm³/mol. The Kier molecular flexibility index (Phi) is 5.01. The summed E-state index contributed by atoms with van der Waals surface area (Å²) < 4.78 is 22.8. The Morgan fingerprint density at radius 2 is 1.26 bits per heavy atom. The third kappa shape index (κ3) is 3.06. The molecule has 0 saturated heterocycles. The van der Waals surface area contributed by atoms with E-state index < -0.39 is 7.52 Å². The van der Waals surface area contributed by atoms with Crippen LogP contribution in [0.1, 0.15) is 31.1 Å². The van der Waals surface area contributed by atoms with Crippen molar-refractivity contribution in [1.82, 2.24) is 4.67 Å². The highest BCUT2D eigenvalue weighted by molar-refractivity contribution is 7.64. The van der Waals surface area contributed by atoms with Crippen molar-refractivity contribution in [3.05, 3.63) is 90.0 Å². The summed E-state index contributed by atoms with van der Waals surface area (Å²) in [5.74, 6) is 0. The topological polar surface area (TPSA) is 29.5 Å². The number of fused-ring (bicyclic) bond motifs is 3. The van der Waals surface area contributed by atoms with Gasteiger partial charge in [-0.1, -0.05) is 80.6 Å². The lowest BCUT2D eigenvalue weighted by Gasteiger charge is -2.32. The van der Waals surface area contributed by atoms with Crippen LogP contribution in [0.3, 0.4) is 0 Å². The molecule has 0 unspecified atom stereocenters. The summed E-state index contributed by atoms with van der Waals surface area (Å²) in [5, 5.41) is 0.746. The third-order valence-electron chi connectivity index (χ3n) is 5.21. The number of nitrogens with zero attached hydrogens (tertiary/aromatic N) is 1. The van der Waals surface area contributed by atoms with Crippen LogP contribution in [-0.2, 0) is 9.09 Å². The van der Waals surface area contributed by atoms with E-state index in [1.165, 1.54) is 0 Å². The number of benzene rings is 3. The van der Waals surface area contributed by atoms with E-state index >= 15 is 0 Å². The molecule has 0 aromatic heterocycles. The highest BCUT2D eigenvalue weighted by atomic mass is 31.2. The van der Waals surface area contributed by atoms with E-state index in [-0.39, 0.29) is 6.10 Å². The monoisotopic (exact) mass is 377 g/mol. The Balaban J connectivity index is 1.84. The fourth-order valence-electron chi connectivity index (χ4n) is 3.87. The molecular weight excluding hydrogens is 353 g/mol. The Morgan fingerprint density at radius 1 is 0.778 bits per heavy atom. The van der Waals surface area contributed by atoms with Crippen molar-refractivity contribution in [3.63, 3.8) is 0 Å². The van der Waals surface area contributed by atoms with E-state index in [4.69, 9.17) is 4.52 Å². The maximum absolute atomic E-state index is 14.3. The molecule has 4 heteroatoms. The summed E-state index contributed by atoms with van der Waals surface area (Å²) in [6, 6.07) is 26.1. The second-order valence-electron chi connectivity index (χ2n) is 6.65. The standard InChI is InChI=1S/C23H24NO2P/c1-3-24(4-2)27(25,18-12-6-5-7-13-18)26-23-21-16-10-8-14-19(21)20-15-9-11-17-22(20)23/h5-17,23H,3-4H2,1-2H3/t27-/m0/s1. The Hall–Kier alpha value is -2.19. The highest BCUT2D eigenvalue weighted by Gasteiger charge is 2.39. The first-order valence-corrected chi connectivity index (χ1v) is 11.0. The molecule has 0 saturated carbocycles. The second kappa shape index (κ2) is 7.44. The maximum atomic E-state index is 14.3. The van der Waals surface area contributed by atoms with Crippen LogP contribution < -0.4 is 5.30 Å². The van der Waals surface area contributed by atoms with E-state index in [0.29, 0.717) is 13.1 Å². The van der Waals surface area contributed by atoms with Gasteiger partial charge in [-0.25, -0.2) is 4.67 Å². The minimum atomic E-state index is -3.21. The molecular formula is C23H24NO2P. The molecule has 3 nitrogen and oxygen atoms in total. The molecule has 0 fully saturated rings. The maximum Gasteiger partial charge on any atom is 0.303 e. The first-order chi connectivity index (χ1) is 13.2. The second-order valence-corrected chi connectivity index (χ2v) is 8.99. The van der Waals surface area contributed by atoms with Crippen LogP contribution in [-0.4, -0.2) is 17.8 Å². The summed E-state index contributed by atoms with van der Waals surface area (Å²) in [6.45, 7) is 5.38. The predicted octanol–water partition coefficient (Wildman–Crippen LogP) is 5.63. The lowest BCUT2D eigenvalue weighted by molar-refractivity contribution is 0.224. The SMILES string of the molecule is CCN(CC)[P@@](=O)(OC1c2ccccc2-c2ccccc21)c1ccccc1. The van der Waals surface area contributed by atoms with Crippen LogP contribution in [0.5, 0.6) is 0 Å². The van der Waals surface area contributed by atoms with Crippen molar-refractivity contribution in [2.45, 2.75) is 20.0 Å². The van der Waals surface area contributed by atoms with Crippen molar-refractivity contribution in [2.75, 3.05) is 13.1 Å². The van der Waals surface area contributed by atoms with E-state index in [1.807, 2.05) is 73.1 Å². The van der Waals surface area contributed by atoms with Crippen LogP contribution in [0.25, 0.3) is 11.1 Å². The average Bonchev–Trinajstić information content (AvgIpc) is 3.04. The zero-order chi connectivity index (χ0) is 18.9. The van der Waals surface area contributed by atoms with Gasteiger partial charge in [-0.3, -0.25) is 4.57 Å². The van der Waals surface area contributed by atoms with Gasteiger partial charge in [0.2, 0.25) is 0 Å². The molecule has 1 aliphatic rings. The van der Waals surface area contributed by atoms with E-state index in [0.717, 1.165) is 27.6 Å². The van der Waals surface area contributed by atoms with Gasteiger partial charge in [0.1, 0.15) is 6.10 Å². The minimum absolute atomic E-state index is 0.330. The zero-order valence-electron chi connectivity index (χ0n) is 15.7. The first kappa shape index (κ1) is 18.2. The van der Waals surface area contributed by atoms with E-state index in [1.54, 1.807) is 0 Å². The van der Waals surface area contributed by atoms with Gasteiger partial charge in [-0.15, -0.1) is 0 Å². The van der Waals surface area contributed by atoms with Gasteiger partial charge in [0.15, 0.2) is 0 Å². The van der Waals surface area contributed by atoms with Crippen molar-refractivity contribution >= 4 is 12.8 Å². The highest BCUT2D eigenvalue weighted by Crippen LogP contribution is 2.57. The fraction of sp³-hybridized carbons (Fsp3) is 0.217. The zero-order valence-corrected chi connectivity index (χ0v) is 16.6. The molecule has 0 aliphatic heterocycles. The molecule has 1 aliphatic carbocycles. The van der Waals surface area contributed by atoms with Crippen LogP contribution in [0.4, 0.5) is 0 Å². The molecule has 0 radical (unpaired) electrons. The van der Waals surface area contributed by atoms with Crippen molar-refractivity contribution in [2.24, 2.45) is 0 Å². The van der Waals surface area contributed by atoms with Crippen LogP contribution in [0.15, 0.2) is 78.9 Å². The molecule has 0 heterocycles. The Labute approximate surface area is 161 Å². The van der Waals surface area contributed by atoms with Crippen LogP contribution in [0.2, 0.25) is 0 Å². The van der Waals surface area contributed by atoms with Gasteiger partial charge in [-0.2, -0.15) is 0 Å². The largest absolute Gasteiger partial charge is 0.303 e. The molecule has 4 rings (SSSR count). The molecule has 138 valence electrons. The first-order valence-electron chi connectivity index (χ1n) is 9.46. The lowest BCUT2D eigenvalue weighted by Crippen LogP contribution is -2.28. The van der Waals surface area contributed by atoms with Gasteiger partial charge in [0.25, 0.3) is 0 Å². The van der Waals surface area contributed by atoms with Gasteiger partial charge in [0.05, 0.1) is 5.30 Å². The molecule has 3 aromatic rings. The van der Waals surface area contributed by atoms with Gasteiger partial charge < -0.3 is 4.52 Å². The third-order valence-corrected chi connectivity index (χ3v) is 7.97. The van der Waals surface area contributed by atoms with Crippen molar-refractivity contribution in [1.29, 1.82) is 0 Å². The number of hydrogen-bond donors (Lipinski definition) is 0.